The van der Waals surface area contributed by atoms with Crippen LogP contribution in [0.2, 0.25) is 5.02 Å². The number of rotatable bonds is 8. The van der Waals surface area contributed by atoms with E-state index in [0.29, 0.717) is 30.2 Å². The molecule has 0 bridgehead atoms. The highest BCUT2D eigenvalue weighted by Crippen LogP contribution is 2.37. The zero-order valence-corrected chi connectivity index (χ0v) is 17.7. The lowest BCUT2D eigenvalue weighted by Crippen LogP contribution is -2.07. The van der Waals surface area contributed by atoms with Crippen molar-refractivity contribution in [1.29, 1.82) is 0 Å². The lowest BCUT2D eigenvalue weighted by atomic mass is 10.0. The number of nitrogens with zero attached hydrogens (tertiary/aromatic N) is 1. The van der Waals surface area contributed by atoms with Crippen molar-refractivity contribution < 1.29 is 9.90 Å². The van der Waals surface area contributed by atoms with Crippen molar-refractivity contribution in [2.24, 2.45) is 5.92 Å². The Balaban J connectivity index is 2.02. The average Bonchev–Trinajstić information content (AvgIpc) is 3.05. The lowest BCUT2D eigenvalue weighted by molar-refractivity contribution is -0.119. The van der Waals surface area contributed by atoms with Crippen LogP contribution < -0.4 is 0 Å². The second kappa shape index (κ2) is 9.46. The molecule has 2 aromatic carbocycles. The van der Waals surface area contributed by atoms with E-state index in [1.807, 2.05) is 42.5 Å². The van der Waals surface area contributed by atoms with Crippen molar-refractivity contribution in [3.8, 4) is 21.0 Å². The highest BCUT2D eigenvalue weighted by Gasteiger charge is 2.18. The number of carbonyl (C=O) groups excluding carboxylic acids is 1. The van der Waals surface area contributed by atoms with Crippen LogP contribution in [-0.2, 0) is 17.6 Å². The summed E-state index contributed by atoms with van der Waals surface area (Å²) in [6.45, 7) is 4.22. The molecule has 0 aliphatic carbocycles. The summed E-state index contributed by atoms with van der Waals surface area (Å²) in [5, 5.41) is 10.8. The van der Waals surface area contributed by atoms with Gasteiger partial charge in [0.1, 0.15) is 10.8 Å². The number of aromatic nitrogens is 1. The second-order valence-electron chi connectivity index (χ2n) is 7.29. The Hall–Kier alpha value is -2.01. The molecule has 0 saturated heterocycles. The van der Waals surface area contributed by atoms with Crippen LogP contribution in [0, 0.1) is 5.92 Å². The fraction of sp³-hybridized carbons (Fsp3) is 0.304. The number of halogens is 1. The number of hydrogen-bond donors (Lipinski definition) is 1. The maximum atomic E-state index is 12.5. The molecule has 0 spiro atoms. The molecule has 3 nitrogen and oxygen atoms in total. The Labute approximate surface area is 175 Å². The molecule has 0 radical (unpaired) electrons. The van der Waals surface area contributed by atoms with Gasteiger partial charge in [0, 0.05) is 23.6 Å². The number of thiazole rings is 1. The van der Waals surface area contributed by atoms with E-state index in [2.05, 4.69) is 19.9 Å². The molecule has 0 fully saturated rings. The van der Waals surface area contributed by atoms with Crippen LogP contribution in [0.25, 0.3) is 21.0 Å². The van der Waals surface area contributed by atoms with Crippen LogP contribution in [0.5, 0.6) is 0 Å². The first-order valence-electron chi connectivity index (χ1n) is 9.43. The molecule has 146 valence electrons. The number of benzene rings is 2. The van der Waals surface area contributed by atoms with E-state index < -0.39 is 0 Å². The first-order chi connectivity index (χ1) is 13.5. The molecule has 1 heterocycles. The Morgan fingerprint density at radius 2 is 1.89 bits per heavy atom. The van der Waals surface area contributed by atoms with E-state index in [4.69, 9.17) is 16.6 Å². The summed E-state index contributed by atoms with van der Waals surface area (Å²) in [5.41, 5.74) is 3.86. The fourth-order valence-corrected chi connectivity index (χ4v) is 4.42. The third-order valence-electron chi connectivity index (χ3n) is 4.36. The molecule has 28 heavy (non-hydrogen) atoms. The van der Waals surface area contributed by atoms with E-state index in [9.17, 15) is 9.90 Å². The van der Waals surface area contributed by atoms with Gasteiger partial charge >= 0.3 is 0 Å². The zero-order valence-electron chi connectivity index (χ0n) is 16.1. The smallest absolute Gasteiger partial charge is 0.139 e. The summed E-state index contributed by atoms with van der Waals surface area (Å²) >= 11 is 7.77. The summed E-state index contributed by atoms with van der Waals surface area (Å²) in [6.07, 6.45) is 1.49. The van der Waals surface area contributed by atoms with Crippen molar-refractivity contribution in [3.05, 3.63) is 64.8 Å². The van der Waals surface area contributed by atoms with E-state index >= 15 is 0 Å². The van der Waals surface area contributed by atoms with Crippen LogP contribution in [0.15, 0.2) is 48.5 Å². The van der Waals surface area contributed by atoms with Crippen molar-refractivity contribution in [2.45, 2.75) is 33.1 Å². The maximum Gasteiger partial charge on any atom is 0.139 e. The summed E-state index contributed by atoms with van der Waals surface area (Å²) in [7, 11) is 0. The lowest BCUT2D eigenvalue weighted by Gasteiger charge is -2.05. The molecule has 1 N–H and O–H groups in total. The van der Waals surface area contributed by atoms with Gasteiger partial charge < -0.3 is 5.11 Å². The van der Waals surface area contributed by atoms with Gasteiger partial charge in [-0.1, -0.05) is 55.8 Å². The van der Waals surface area contributed by atoms with Gasteiger partial charge in [-0.15, -0.1) is 11.3 Å². The normalized spacial score (nSPS) is 11.2. The molecule has 0 unspecified atom stereocenters. The Morgan fingerprint density at radius 3 is 2.61 bits per heavy atom. The summed E-state index contributed by atoms with van der Waals surface area (Å²) in [5.74, 6) is 0.527. The van der Waals surface area contributed by atoms with Gasteiger partial charge in [0.15, 0.2) is 0 Å². The topological polar surface area (TPSA) is 50.2 Å². The molecule has 1 aromatic heterocycles. The van der Waals surface area contributed by atoms with Crippen LogP contribution >= 0.6 is 22.9 Å². The predicted octanol–water partition coefficient (Wildman–Crippen LogP) is 5.82. The zero-order chi connectivity index (χ0) is 20.1. The van der Waals surface area contributed by atoms with Gasteiger partial charge in [-0.05, 0) is 41.7 Å². The van der Waals surface area contributed by atoms with Crippen LogP contribution in [-0.4, -0.2) is 22.5 Å². The third-order valence-corrected chi connectivity index (χ3v) is 5.79. The first-order valence-corrected chi connectivity index (χ1v) is 10.6. The van der Waals surface area contributed by atoms with Crippen LogP contribution in [0.3, 0.4) is 0 Å². The first kappa shape index (κ1) is 20.7. The number of ketones is 1. The fourth-order valence-electron chi connectivity index (χ4n) is 3.15. The van der Waals surface area contributed by atoms with E-state index in [0.717, 1.165) is 32.3 Å². The van der Waals surface area contributed by atoms with E-state index in [-0.39, 0.29) is 12.4 Å². The summed E-state index contributed by atoms with van der Waals surface area (Å²) < 4.78 is 0. The minimum Gasteiger partial charge on any atom is -0.396 e. The number of Topliss-reactive ketones (excluding diaryl/α,β-unsaturated/α-hetero) is 1. The minimum absolute atomic E-state index is 0.115. The van der Waals surface area contributed by atoms with E-state index in [1.54, 1.807) is 11.3 Å². The highest BCUT2D eigenvalue weighted by atomic mass is 35.5. The van der Waals surface area contributed by atoms with Gasteiger partial charge in [0.25, 0.3) is 0 Å². The quantitative estimate of drug-likeness (QED) is 0.506. The Kier molecular flexibility index (Phi) is 7.00. The summed E-state index contributed by atoms with van der Waals surface area (Å²) in [4.78, 5) is 18.3. The maximum absolute atomic E-state index is 12.5. The van der Waals surface area contributed by atoms with Crippen LogP contribution in [0.1, 0.15) is 31.5 Å². The van der Waals surface area contributed by atoms with Crippen molar-refractivity contribution >= 4 is 28.7 Å². The number of aliphatic hydroxyl groups is 1. The van der Waals surface area contributed by atoms with Gasteiger partial charge in [-0.3, -0.25) is 4.79 Å². The predicted molar refractivity (Wildman–Crippen MR) is 117 cm³/mol. The van der Waals surface area contributed by atoms with Gasteiger partial charge in [-0.2, -0.15) is 0 Å². The average molecular weight is 414 g/mol. The number of aliphatic hydroxyl groups excluding tert-OH is 1. The van der Waals surface area contributed by atoms with Crippen molar-refractivity contribution in [2.75, 3.05) is 6.61 Å². The standard InChI is InChI=1S/C23H24ClNO2S/c1-15(2)11-20(27)14-21-22(17-6-4-8-19(24)13-17)28-23(25-21)18-7-3-5-16(12-18)9-10-26/h3-8,12-13,15,26H,9-11,14H2,1-2H3. The highest BCUT2D eigenvalue weighted by molar-refractivity contribution is 7.18. The van der Waals surface area contributed by atoms with Gasteiger partial charge in [-0.25, -0.2) is 4.98 Å². The molecular formula is C23H24ClNO2S. The largest absolute Gasteiger partial charge is 0.396 e. The van der Waals surface area contributed by atoms with E-state index in [1.165, 1.54) is 0 Å². The molecule has 3 rings (SSSR count). The molecule has 5 heteroatoms. The van der Waals surface area contributed by atoms with Gasteiger partial charge in [0.2, 0.25) is 0 Å². The molecule has 0 aliphatic heterocycles. The molecule has 0 atom stereocenters. The monoisotopic (exact) mass is 413 g/mol. The molecule has 0 saturated carbocycles. The molecule has 3 aromatic rings. The van der Waals surface area contributed by atoms with Crippen LogP contribution in [0.4, 0.5) is 0 Å². The molecular weight excluding hydrogens is 390 g/mol. The third kappa shape index (κ3) is 5.28. The minimum atomic E-state index is 0.115. The van der Waals surface area contributed by atoms with Crippen molar-refractivity contribution in [3.63, 3.8) is 0 Å². The molecule has 0 amide bonds. The molecule has 0 aliphatic rings. The Morgan fingerprint density at radius 1 is 1.14 bits per heavy atom. The number of hydrogen-bond acceptors (Lipinski definition) is 4. The SMILES string of the molecule is CC(C)CC(=O)Cc1nc(-c2cccc(CCO)c2)sc1-c1cccc(Cl)c1. The number of carbonyl (C=O) groups is 1. The second-order valence-corrected chi connectivity index (χ2v) is 8.73. The Bertz CT molecular complexity index is 965. The summed E-state index contributed by atoms with van der Waals surface area (Å²) in [6, 6.07) is 15.7. The van der Waals surface area contributed by atoms with Gasteiger partial charge in [0.05, 0.1) is 17.0 Å². The van der Waals surface area contributed by atoms with Crippen molar-refractivity contribution in [1.82, 2.24) is 4.98 Å².